The molecule has 30 heavy (non-hydrogen) atoms. The van der Waals surface area contributed by atoms with E-state index in [1.165, 1.54) is 6.07 Å². The van der Waals surface area contributed by atoms with Crippen molar-refractivity contribution in [1.82, 2.24) is 0 Å². The van der Waals surface area contributed by atoms with Crippen LogP contribution in [0.4, 0.5) is 11.4 Å². The van der Waals surface area contributed by atoms with Crippen molar-refractivity contribution in [2.75, 3.05) is 22.5 Å². The zero-order chi connectivity index (χ0) is 22.5. The number of nitrogens with one attached hydrogen (secondary N) is 1. The molecule has 1 amide bonds. The largest absolute Gasteiger partial charge is 0.462 e. The van der Waals surface area contributed by atoms with Crippen molar-refractivity contribution in [2.45, 2.75) is 40.2 Å². The van der Waals surface area contributed by atoms with Crippen LogP contribution in [-0.2, 0) is 19.6 Å². The van der Waals surface area contributed by atoms with Crippen molar-refractivity contribution in [3.63, 3.8) is 0 Å². The van der Waals surface area contributed by atoms with Crippen molar-refractivity contribution in [1.29, 1.82) is 0 Å². The number of benzene rings is 2. The van der Waals surface area contributed by atoms with E-state index in [1.54, 1.807) is 44.2 Å². The molecule has 162 valence electrons. The Bertz CT molecular complexity index is 1030. The molecule has 1 N–H and O–H groups in total. The fraction of sp³-hybridized carbons (Fsp3) is 0.364. The number of sulfonamides is 1. The summed E-state index contributed by atoms with van der Waals surface area (Å²) in [5, 5.41) is 2.73. The lowest BCUT2D eigenvalue weighted by atomic mass is 10.1. The first-order valence-corrected chi connectivity index (χ1v) is 11.6. The molecule has 2 aromatic rings. The number of carbonyl (C=O) groups excluding carboxylic acids is 2. The van der Waals surface area contributed by atoms with Gasteiger partial charge in [-0.15, -0.1) is 0 Å². The van der Waals surface area contributed by atoms with Gasteiger partial charge in [-0.2, -0.15) is 0 Å². The van der Waals surface area contributed by atoms with Gasteiger partial charge < -0.3 is 10.1 Å². The molecule has 0 aromatic heterocycles. The van der Waals surface area contributed by atoms with Crippen LogP contribution in [0.15, 0.2) is 42.5 Å². The van der Waals surface area contributed by atoms with Gasteiger partial charge in [-0.25, -0.2) is 13.2 Å². The first-order chi connectivity index (χ1) is 14.1. The van der Waals surface area contributed by atoms with Gasteiger partial charge in [0.05, 0.1) is 24.1 Å². The summed E-state index contributed by atoms with van der Waals surface area (Å²) in [7, 11) is -3.73. The highest BCUT2D eigenvalue weighted by molar-refractivity contribution is 7.92. The number of rotatable bonds is 8. The Kier molecular flexibility index (Phi) is 7.61. The summed E-state index contributed by atoms with van der Waals surface area (Å²) < 4.78 is 31.3. The van der Waals surface area contributed by atoms with Gasteiger partial charge in [0.15, 0.2) is 0 Å². The molecule has 0 fully saturated rings. The maximum Gasteiger partial charge on any atom is 0.338 e. The second kappa shape index (κ2) is 9.75. The van der Waals surface area contributed by atoms with E-state index in [2.05, 4.69) is 5.32 Å². The van der Waals surface area contributed by atoms with Crippen molar-refractivity contribution in [3.8, 4) is 0 Å². The van der Waals surface area contributed by atoms with Crippen LogP contribution in [0.3, 0.4) is 0 Å². The molecule has 8 heteroatoms. The fourth-order valence-electron chi connectivity index (χ4n) is 3.09. The molecule has 0 unspecified atom stereocenters. The molecule has 0 saturated heterocycles. The molecule has 0 aliphatic rings. The number of amides is 1. The molecule has 1 atom stereocenters. The first kappa shape index (κ1) is 23.4. The minimum Gasteiger partial charge on any atom is -0.462 e. The third kappa shape index (κ3) is 5.60. The molecule has 0 bridgehead atoms. The third-order valence-electron chi connectivity index (χ3n) is 4.72. The van der Waals surface area contributed by atoms with E-state index < -0.39 is 27.9 Å². The molecule has 2 aromatic carbocycles. The van der Waals surface area contributed by atoms with Crippen LogP contribution in [-0.4, -0.2) is 39.2 Å². The summed E-state index contributed by atoms with van der Waals surface area (Å²) in [6.45, 7) is 7.53. The predicted octanol–water partition coefficient (Wildman–Crippen LogP) is 3.66. The highest BCUT2D eigenvalue weighted by atomic mass is 32.2. The van der Waals surface area contributed by atoms with Gasteiger partial charge in [0.25, 0.3) is 0 Å². The van der Waals surface area contributed by atoms with E-state index in [0.29, 0.717) is 16.9 Å². The lowest BCUT2D eigenvalue weighted by Crippen LogP contribution is -2.47. The number of hydrogen-bond acceptors (Lipinski definition) is 5. The zero-order valence-corrected chi connectivity index (χ0v) is 18.7. The number of carbonyl (C=O) groups is 2. The first-order valence-electron chi connectivity index (χ1n) is 9.73. The zero-order valence-electron chi connectivity index (χ0n) is 17.9. The summed E-state index contributed by atoms with van der Waals surface area (Å²) in [5.74, 6) is -0.976. The molecular weight excluding hydrogens is 404 g/mol. The van der Waals surface area contributed by atoms with Crippen molar-refractivity contribution >= 4 is 33.3 Å². The molecular formula is C22H28N2O5S. The average molecular weight is 433 g/mol. The SMILES string of the molecule is CCOC(=O)c1cccc(NC(=O)[C@@H](CC)N(c2ccc(C)c(C)c2)S(C)(=O)=O)c1. The van der Waals surface area contributed by atoms with Gasteiger partial charge in [-0.3, -0.25) is 9.10 Å². The van der Waals surface area contributed by atoms with Crippen molar-refractivity contribution in [2.24, 2.45) is 0 Å². The van der Waals surface area contributed by atoms with Gasteiger partial charge >= 0.3 is 5.97 Å². The van der Waals surface area contributed by atoms with Gasteiger partial charge in [0, 0.05) is 5.69 Å². The summed E-state index contributed by atoms with van der Waals surface area (Å²) in [5.41, 5.74) is 3.08. The number of anilines is 2. The standard InChI is InChI=1S/C22H28N2O5S/c1-6-20(24(30(5,27)28)19-12-11-15(3)16(4)13-19)21(25)23-18-10-8-9-17(14-18)22(26)29-7-2/h8-14,20H,6-7H2,1-5H3,(H,23,25)/t20-/m1/s1. The van der Waals surface area contributed by atoms with Crippen LogP contribution in [0.1, 0.15) is 41.8 Å². The Balaban J connectivity index is 2.36. The van der Waals surface area contributed by atoms with Crippen LogP contribution in [0.5, 0.6) is 0 Å². The Morgan fingerprint density at radius 3 is 2.33 bits per heavy atom. The molecule has 0 spiro atoms. The lowest BCUT2D eigenvalue weighted by molar-refractivity contribution is -0.117. The maximum atomic E-state index is 13.0. The van der Waals surface area contributed by atoms with E-state index in [-0.39, 0.29) is 13.0 Å². The summed E-state index contributed by atoms with van der Waals surface area (Å²) in [6, 6.07) is 10.7. The third-order valence-corrected chi connectivity index (χ3v) is 5.90. The second-order valence-corrected chi connectivity index (χ2v) is 8.90. The van der Waals surface area contributed by atoms with Gasteiger partial charge in [-0.1, -0.05) is 19.1 Å². The molecule has 0 saturated carbocycles. The molecule has 0 aliphatic carbocycles. The Hall–Kier alpha value is -2.87. The quantitative estimate of drug-likeness (QED) is 0.643. The van der Waals surface area contributed by atoms with Crippen LogP contribution >= 0.6 is 0 Å². The molecule has 0 aliphatic heterocycles. The molecule has 0 heterocycles. The van der Waals surface area contributed by atoms with E-state index in [9.17, 15) is 18.0 Å². The summed E-state index contributed by atoms with van der Waals surface area (Å²) in [6.07, 6.45) is 1.35. The Labute approximate surface area is 178 Å². The Morgan fingerprint density at radius 1 is 1.07 bits per heavy atom. The van der Waals surface area contributed by atoms with E-state index in [0.717, 1.165) is 21.7 Å². The van der Waals surface area contributed by atoms with Gasteiger partial charge in [0.1, 0.15) is 6.04 Å². The van der Waals surface area contributed by atoms with Crippen LogP contribution in [0.25, 0.3) is 0 Å². The van der Waals surface area contributed by atoms with E-state index >= 15 is 0 Å². The number of hydrogen-bond donors (Lipinski definition) is 1. The van der Waals surface area contributed by atoms with E-state index in [4.69, 9.17) is 4.74 Å². The lowest BCUT2D eigenvalue weighted by Gasteiger charge is -2.30. The number of ether oxygens (including phenoxy) is 1. The second-order valence-electron chi connectivity index (χ2n) is 7.04. The average Bonchev–Trinajstić information content (AvgIpc) is 2.67. The smallest absolute Gasteiger partial charge is 0.338 e. The summed E-state index contributed by atoms with van der Waals surface area (Å²) >= 11 is 0. The maximum absolute atomic E-state index is 13.0. The monoisotopic (exact) mass is 432 g/mol. The number of aryl methyl sites for hydroxylation is 2. The highest BCUT2D eigenvalue weighted by Gasteiger charge is 2.31. The minimum atomic E-state index is -3.73. The topological polar surface area (TPSA) is 92.8 Å². The fourth-order valence-corrected chi connectivity index (χ4v) is 4.29. The molecule has 2 rings (SSSR count). The number of nitrogens with zero attached hydrogens (tertiary/aromatic N) is 1. The van der Waals surface area contributed by atoms with E-state index in [1.807, 2.05) is 19.9 Å². The van der Waals surface area contributed by atoms with Crippen LogP contribution in [0.2, 0.25) is 0 Å². The van der Waals surface area contributed by atoms with Gasteiger partial charge in [-0.05, 0) is 68.7 Å². The van der Waals surface area contributed by atoms with Crippen LogP contribution < -0.4 is 9.62 Å². The minimum absolute atomic E-state index is 0.243. The molecule has 0 radical (unpaired) electrons. The Morgan fingerprint density at radius 2 is 1.77 bits per heavy atom. The van der Waals surface area contributed by atoms with Crippen molar-refractivity contribution < 1.29 is 22.7 Å². The number of esters is 1. The normalized spacial score (nSPS) is 12.2. The summed E-state index contributed by atoms with van der Waals surface area (Å²) in [4.78, 5) is 25.0. The van der Waals surface area contributed by atoms with Crippen LogP contribution in [0, 0.1) is 13.8 Å². The molecule has 7 nitrogen and oxygen atoms in total. The highest BCUT2D eigenvalue weighted by Crippen LogP contribution is 2.26. The predicted molar refractivity (Wildman–Crippen MR) is 118 cm³/mol. The van der Waals surface area contributed by atoms with Crippen molar-refractivity contribution in [3.05, 3.63) is 59.2 Å². The van der Waals surface area contributed by atoms with Gasteiger partial charge in [0.2, 0.25) is 15.9 Å².